The summed E-state index contributed by atoms with van der Waals surface area (Å²) >= 11 is 0. The van der Waals surface area contributed by atoms with Gasteiger partial charge in [0.25, 0.3) is 5.91 Å². The van der Waals surface area contributed by atoms with Gasteiger partial charge in [-0.3, -0.25) is 4.79 Å². The average molecular weight is 288 g/mol. The molecule has 0 aliphatic carbocycles. The Morgan fingerprint density at radius 2 is 1.95 bits per heavy atom. The van der Waals surface area contributed by atoms with Crippen LogP contribution in [0.15, 0.2) is 30.3 Å². The summed E-state index contributed by atoms with van der Waals surface area (Å²) < 4.78 is 13.5. The van der Waals surface area contributed by atoms with Gasteiger partial charge >= 0.3 is 0 Å². The number of para-hydroxylation sites is 1. The van der Waals surface area contributed by atoms with Gasteiger partial charge in [-0.05, 0) is 39.0 Å². The molecule has 1 heterocycles. The van der Waals surface area contributed by atoms with E-state index in [1.807, 2.05) is 13.8 Å². The summed E-state index contributed by atoms with van der Waals surface area (Å²) in [7, 11) is 0. The normalized spacial score (nSPS) is 10.5. The van der Waals surface area contributed by atoms with Crippen molar-refractivity contribution in [3.63, 3.8) is 0 Å². The van der Waals surface area contributed by atoms with Gasteiger partial charge in [0, 0.05) is 11.7 Å². The topological polar surface area (TPSA) is 66.9 Å². The monoisotopic (exact) mass is 288 g/mol. The number of hydrogen-bond donors (Lipinski definition) is 2. The molecule has 0 aliphatic rings. The largest absolute Gasteiger partial charge is 0.352 e. The molecule has 110 valence electrons. The molecule has 2 aromatic rings. The molecule has 21 heavy (non-hydrogen) atoms. The lowest BCUT2D eigenvalue weighted by Gasteiger charge is -2.11. The molecule has 0 aliphatic heterocycles. The highest BCUT2D eigenvalue weighted by molar-refractivity contribution is 6.03. The van der Waals surface area contributed by atoms with Crippen molar-refractivity contribution in [1.29, 1.82) is 0 Å². The summed E-state index contributed by atoms with van der Waals surface area (Å²) in [5.74, 6) is -0.585. The number of aromatic nitrogens is 2. The number of nitrogens with zero attached hydrogens (tertiary/aromatic N) is 2. The predicted octanol–water partition coefficient (Wildman–Crippen LogP) is 3.00. The van der Waals surface area contributed by atoms with Crippen molar-refractivity contribution < 1.29 is 9.18 Å². The van der Waals surface area contributed by atoms with E-state index < -0.39 is 11.7 Å². The van der Waals surface area contributed by atoms with Crippen LogP contribution in [0.25, 0.3) is 0 Å². The molecule has 5 nitrogen and oxygen atoms in total. The van der Waals surface area contributed by atoms with Crippen LogP contribution in [-0.2, 0) is 0 Å². The minimum absolute atomic E-state index is 0.122. The highest BCUT2D eigenvalue weighted by Crippen LogP contribution is 2.14. The third-order valence-electron chi connectivity index (χ3n) is 2.63. The first-order chi connectivity index (χ1) is 9.95. The van der Waals surface area contributed by atoms with Crippen molar-refractivity contribution in [2.45, 2.75) is 26.8 Å². The zero-order valence-electron chi connectivity index (χ0n) is 12.1. The minimum atomic E-state index is -0.489. The van der Waals surface area contributed by atoms with Gasteiger partial charge in [0.2, 0.25) is 5.95 Å². The van der Waals surface area contributed by atoms with E-state index in [4.69, 9.17) is 0 Å². The molecule has 0 unspecified atom stereocenters. The molecule has 0 atom stereocenters. The molecule has 0 bridgehead atoms. The van der Waals surface area contributed by atoms with Crippen molar-refractivity contribution in [1.82, 2.24) is 9.97 Å². The summed E-state index contributed by atoms with van der Waals surface area (Å²) in [5.41, 5.74) is 0.970. The molecule has 0 fully saturated rings. The number of amides is 1. The Morgan fingerprint density at radius 3 is 2.62 bits per heavy atom. The lowest BCUT2D eigenvalue weighted by atomic mass is 10.2. The molecular formula is C15H17FN4O. The second kappa shape index (κ2) is 6.30. The lowest BCUT2D eigenvalue weighted by molar-refractivity contribution is 0.102. The maximum absolute atomic E-state index is 13.5. The van der Waals surface area contributed by atoms with Crippen LogP contribution >= 0.6 is 0 Å². The van der Waals surface area contributed by atoms with E-state index in [1.165, 1.54) is 12.1 Å². The fourth-order valence-electron chi connectivity index (χ4n) is 1.76. The second-order valence-corrected chi connectivity index (χ2v) is 4.95. The maximum Gasteiger partial charge on any atom is 0.274 e. The predicted molar refractivity (Wildman–Crippen MR) is 79.9 cm³/mol. The number of anilines is 2. The summed E-state index contributed by atoms with van der Waals surface area (Å²) in [6.45, 7) is 5.67. The van der Waals surface area contributed by atoms with Crippen LogP contribution in [0.1, 0.15) is 30.0 Å². The molecule has 6 heteroatoms. The number of aryl methyl sites for hydroxylation is 1. The summed E-state index contributed by atoms with van der Waals surface area (Å²) in [5, 5.41) is 5.54. The Labute approximate surface area is 122 Å². The molecular weight excluding hydrogens is 271 g/mol. The zero-order chi connectivity index (χ0) is 15.4. The Balaban J connectivity index is 2.23. The molecule has 1 aromatic carbocycles. The van der Waals surface area contributed by atoms with Crippen molar-refractivity contribution >= 4 is 17.5 Å². The Hall–Kier alpha value is -2.50. The molecule has 1 aromatic heterocycles. The van der Waals surface area contributed by atoms with Crippen LogP contribution in [0.5, 0.6) is 0 Å². The molecule has 2 N–H and O–H groups in total. The minimum Gasteiger partial charge on any atom is -0.352 e. The summed E-state index contributed by atoms with van der Waals surface area (Å²) in [6, 6.07) is 7.69. The number of nitrogens with one attached hydrogen (secondary N) is 2. The van der Waals surface area contributed by atoms with E-state index >= 15 is 0 Å². The third kappa shape index (κ3) is 3.98. The SMILES string of the molecule is Cc1cc(C(=O)Nc2ccccc2F)nc(NC(C)C)n1. The average Bonchev–Trinajstić information content (AvgIpc) is 2.40. The van der Waals surface area contributed by atoms with Gasteiger partial charge in [-0.15, -0.1) is 0 Å². The molecule has 0 spiro atoms. The first-order valence-corrected chi connectivity index (χ1v) is 6.64. The molecule has 0 saturated heterocycles. The number of benzene rings is 1. The van der Waals surface area contributed by atoms with E-state index in [0.717, 1.165) is 0 Å². The van der Waals surface area contributed by atoms with Crippen LogP contribution in [0.4, 0.5) is 16.0 Å². The van der Waals surface area contributed by atoms with Gasteiger partial charge in [0.15, 0.2) is 0 Å². The zero-order valence-corrected chi connectivity index (χ0v) is 12.1. The van der Waals surface area contributed by atoms with Gasteiger partial charge < -0.3 is 10.6 Å². The van der Waals surface area contributed by atoms with Crippen molar-refractivity contribution in [3.8, 4) is 0 Å². The van der Waals surface area contributed by atoms with Gasteiger partial charge in [0.1, 0.15) is 11.5 Å². The van der Waals surface area contributed by atoms with E-state index in [1.54, 1.807) is 25.1 Å². The fourth-order valence-corrected chi connectivity index (χ4v) is 1.76. The van der Waals surface area contributed by atoms with Crippen LogP contribution in [-0.4, -0.2) is 21.9 Å². The molecule has 0 saturated carbocycles. The third-order valence-corrected chi connectivity index (χ3v) is 2.63. The smallest absolute Gasteiger partial charge is 0.274 e. The maximum atomic E-state index is 13.5. The van der Waals surface area contributed by atoms with Crippen LogP contribution < -0.4 is 10.6 Å². The van der Waals surface area contributed by atoms with Gasteiger partial charge in [-0.2, -0.15) is 0 Å². The van der Waals surface area contributed by atoms with Crippen molar-refractivity contribution in [3.05, 3.63) is 47.5 Å². The lowest BCUT2D eigenvalue weighted by Crippen LogP contribution is -2.18. The fraction of sp³-hybridized carbons (Fsp3) is 0.267. The second-order valence-electron chi connectivity index (χ2n) is 4.95. The van der Waals surface area contributed by atoms with E-state index in [-0.39, 0.29) is 17.4 Å². The molecule has 2 rings (SSSR count). The number of carbonyl (C=O) groups is 1. The summed E-state index contributed by atoms with van der Waals surface area (Å²) in [4.78, 5) is 20.5. The number of halogens is 1. The Morgan fingerprint density at radius 1 is 1.24 bits per heavy atom. The molecule has 1 amide bonds. The van der Waals surface area contributed by atoms with E-state index in [9.17, 15) is 9.18 Å². The van der Waals surface area contributed by atoms with Gasteiger partial charge in [-0.25, -0.2) is 14.4 Å². The quantitative estimate of drug-likeness (QED) is 0.907. The summed E-state index contributed by atoms with van der Waals surface area (Å²) in [6.07, 6.45) is 0. The van der Waals surface area contributed by atoms with Crippen molar-refractivity contribution in [2.75, 3.05) is 10.6 Å². The van der Waals surface area contributed by atoms with E-state index in [2.05, 4.69) is 20.6 Å². The van der Waals surface area contributed by atoms with Crippen molar-refractivity contribution in [2.24, 2.45) is 0 Å². The van der Waals surface area contributed by atoms with E-state index in [0.29, 0.717) is 11.6 Å². The Kier molecular flexibility index (Phi) is 4.47. The first kappa shape index (κ1) is 14.9. The molecule has 0 radical (unpaired) electrons. The Bertz CT molecular complexity index is 658. The van der Waals surface area contributed by atoms with Gasteiger partial charge in [-0.1, -0.05) is 12.1 Å². The highest BCUT2D eigenvalue weighted by Gasteiger charge is 2.13. The van der Waals surface area contributed by atoms with Gasteiger partial charge in [0.05, 0.1) is 5.69 Å². The number of hydrogen-bond acceptors (Lipinski definition) is 4. The number of rotatable bonds is 4. The number of carbonyl (C=O) groups excluding carboxylic acids is 1. The van der Waals surface area contributed by atoms with Crippen LogP contribution in [0, 0.1) is 12.7 Å². The van der Waals surface area contributed by atoms with Crippen LogP contribution in [0.3, 0.4) is 0 Å². The first-order valence-electron chi connectivity index (χ1n) is 6.64. The standard InChI is InChI=1S/C15H17FN4O/c1-9(2)17-15-18-10(3)8-13(20-15)14(21)19-12-7-5-4-6-11(12)16/h4-9H,1-3H3,(H,19,21)(H,17,18,20). The highest BCUT2D eigenvalue weighted by atomic mass is 19.1. The van der Waals surface area contributed by atoms with Crippen LogP contribution in [0.2, 0.25) is 0 Å².